The van der Waals surface area contributed by atoms with Gasteiger partial charge in [0.15, 0.2) is 0 Å². The molecule has 1 aliphatic heterocycles. The summed E-state index contributed by atoms with van der Waals surface area (Å²) in [7, 11) is 1.70. The number of hydrogen-bond donors (Lipinski definition) is 0. The summed E-state index contributed by atoms with van der Waals surface area (Å²) in [5.41, 5.74) is 4.81. The summed E-state index contributed by atoms with van der Waals surface area (Å²) in [6.07, 6.45) is 6.26. The largest absolute Gasteiger partial charge is 0.495 e. The molecule has 1 aromatic carbocycles. The van der Waals surface area contributed by atoms with Crippen LogP contribution in [-0.2, 0) is 4.79 Å². The normalized spacial score (nSPS) is 17.4. The Balaban J connectivity index is 1.38. The summed E-state index contributed by atoms with van der Waals surface area (Å²) in [5.74, 6) is 0.976. The van der Waals surface area contributed by atoms with Crippen molar-refractivity contribution in [1.29, 1.82) is 0 Å². The number of carbonyl (C=O) groups is 1. The number of aromatic nitrogens is 1. The number of amides is 1. The van der Waals surface area contributed by atoms with Gasteiger partial charge in [0.1, 0.15) is 5.75 Å². The number of nitrogens with zero attached hydrogens (tertiary/aromatic N) is 3. The van der Waals surface area contributed by atoms with Crippen molar-refractivity contribution in [1.82, 2.24) is 9.47 Å². The van der Waals surface area contributed by atoms with Crippen LogP contribution in [0.25, 0.3) is 6.08 Å². The molecule has 1 saturated heterocycles. The SMILES string of the molecule is COc1ccccc1N1CCN(C(=O)C=Cc2cc(C)n(C3CC3)c2C)CC1. The molecule has 1 aliphatic carbocycles. The summed E-state index contributed by atoms with van der Waals surface area (Å²) >= 11 is 0. The van der Waals surface area contributed by atoms with E-state index in [0.29, 0.717) is 6.04 Å². The number of carbonyl (C=O) groups excluding carboxylic acids is 1. The number of ether oxygens (including phenoxy) is 1. The molecular formula is C23H29N3O2. The van der Waals surface area contributed by atoms with Gasteiger partial charge in [0.25, 0.3) is 0 Å². The molecule has 1 saturated carbocycles. The number of aryl methyl sites for hydroxylation is 1. The number of para-hydroxylation sites is 2. The third-order valence-corrected chi connectivity index (χ3v) is 5.86. The Morgan fingerprint density at radius 1 is 1.11 bits per heavy atom. The van der Waals surface area contributed by atoms with E-state index in [1.54, 1.807) is 13.2 Å². The van der Waals surface area contributed by atoms with Crippen molar-refractivity contribution >= 4 is 17.7 Å². The van der Waals surface area contributed by atoms with E-state index in [9.17, 15) is 4.79 Å². The molecule has 5 nitrogen and oxygen atoms in total. The lowest BCUT2D eigenvalue weighted by atomic mass is 10.2. The van der Waals surface area contributed by atoms with Crippen LogP contribution in [-0.4, -0.2) is 48.7 Å². The van der Waals surface area contributed by atoms with Gasteiger partial charge in [-0.3, -0.25) is 4.79 Å². The Morgan fingerprint density at radius 3 is 2.50 bits per heavy atom. The molecule has 2 heterocycles. The average Bonchev–Trinajstić information content (AvgIpc) is 3.51. The third-order valence-electron chi connectivity index (χ3n) is 5.86. The maximum absolute atomic E-state index is 12.7. The molecule has 0 N–H and O–H groups in total. The van der Waals surface area contributed by atoms with Crippen LogP contribution in [0.15, 0.2) is 36.4 Å². The highest BCUT2D eigenvalue weighted by Gasteiger charge is 2.26. The van der Waals surface area contributed by atoms with Gasteiger partial charge in [-0.1, -0.05) is 12.1 Å². The molecule has 2 aromatic rings. The predicted molar refractivity (Wildman–Crippen MR) is 113 cm³/mol. The average molecular weight is 380 g/mol. The van der Waals surface area contributed by atoms with Crippen LogP contribution in [0.5, 0.6) is 5.75 Å². The highest BCUT2D eigenvalue weighted by atomic mass is 16.5. The minimum Gasteiger partial charge on any atom is -0.495 e. The van der Waals surface area contributed by atoms with Crippen molar-refractivity contribution in [3.05, 3.63) is 53.4 Å². The maximum atomic E-state index is 12.7. The zero-order valence-electron chi connectivity index (χ0n) is 17.0. The van der Waals surface area contributed by atoms with E-state index in [2.05, 4.69) is 35.4 Å². The number of methoxy groups -OCH3 is 1. The van der Waals surface area contributed by atoms with Crippen molar-refractivity contribution in [3.8, 4) is 5.75 Å². The standard InChI is InChI=1S/C23H29N3O2/c1-17-16-19(18(2)26(17)20-9-10-20)8-11-23(27)25-14-12-24(13-15-25)21-6-4-5-7-22(21)28-3/h4-8,11,16,20H,9-10,12-15H2,1-3H3. The molecule has 2 aliphatic rings. The van der Waals surface area contributed by atoms with Crippen molar-refractivity contribution in [2.75, 3.05) is 38.2 Å². The molecule has 1 aromatic heterocycles. The van der Waals surface area contributed by atoms with Crippen molar-refractivity contribution in [2.45, 2.75) is 32.7 Å². The first-order chi connectivity index (χ1) is 13.6. The summed E-state index contributed by atoms with van der Waals surface area (Å²) in [6.45, 7) is 7.39. The zero-order valence-corrected chi connectivity index (χ0v) is 17.0. The number of piperazine rings is 1. The molecule has 5 heteroatoms. The smallest absolute Gasteiger partial charge is 0.246 e. The van der Waals surface area contributed by atoms with Gasteiger partial charge in [0, 0.05) is 49.7 Å². The first-order valence-corrected chi connectivity index (χ1v) is 10.1. The first kappa shape index (κ1) is 18.7. The minimum atomic E-state index is 0.0934. The van der Waals surface area contributed by atoms with Crippen LogP contribution in [0.4, 0.5) is 5.69 Å². The van der Waals surface area contributed by atoms with Gasteiger partial charge in [-0.05, 0) is 56.5 Å². The number of benzene rings is 1. The van der Waals surface area contributed by atoms with E-state index in [1.165, 1.54) is 24.2 Å². The Bertz CT molecular complexity index is 887. The summed E-state index contributed by atoms with van der Waals surface area (Å²) in [4.78, 5) is 16.9. The second kappa shape index (κ2) is 7.74. The van der Waals surface area contributed by atoms with Gasteiger partial charge < -0.3 is 19.1 Å². The first-order valence-electron chi connectivity index (χ1n) is 10.1. The van der Waals surface area contributed by atoms with Crippen molar-refractivity contribution in [3.63, 3.8) is 0 Å². The van der Waals surface area contributed by atoms with Gasteiger partial charge in [-0.15, -0.1) is 0 Å². The number of rotatable bonds is 5. The highest BCUT2D eigenvalue weighted by Crippen LogP contribution is 2.38. The molecule has 0 spiro atoms. The fourth-order valence-electron chi connectivity index (χ4n) is 4.19. The molecule has 0 radical (unpaired) electrons. The van der Waals surface area contributed by atoms with E-state index < -0.39 is 0 Å². The van der Waals surface area contributed by atoms with E-state index in [0.717, 1.165) is 43.2 Å². The Morgan fingerprint density at radius 2 is 1.82 bits per heavy atom. The molecule has 0 bridgehead atoms. The third kappa shape index (κ3) is 3.66. The fourth-order valence-corrected chi connectivity index (χ4v) is 4.19. The molecule has 4 rings (SSSR count). The lowest BCUT2D eigenvalue weighted by Crippen LogP contribution is -2.48. The molecular weight excluding hydrogens is 350 g/mol. The Labute approximate surface area is 167 Å². The maximum Gasteiger partial charge on any atom is 0.246 e. The van der Waals surface area contributed by atoms with Gasteiger partial charge in [0.2, 0.25) is 5.91 Å². The highest BCUT2D eigenvalue weighted by molar-refractivity contribution is 5.92. The second-order valence-electron chi connectivity index (χ2n) is 7.75. The Hall–Kier alpha value is -2.69. The predicted octanol–water partition coefficient (Wildman–Crippen LogP) is 3.81. The van der Waals surface area contributed by atoms with Crippen LogP contribution in [0, 0.1) is 13.8 Å². The van der Waals surface area contributed by atoms with Crippen LogP contribution in [0.3, 0.4) is 0 Å². The van der Waals surface area contributed by atoms with E-state index >= 15 is 0 Å². The quantitative estimate of drug-likeness (QED) is 0.742. The van der Waals surface area contributed by atoms with Gasteiger partial charge in [-0.25, -0.2) is 0 Å². The molecule has 2 fully saturated rings. The summed E-state index contributed by atoms with van der Waals surface area (Å²) in [6, 6.07) is 10.9. The number of hydrogen-bond acceptors (Lipinski definition) is 3. The fraction of sp³-hybridized carbons (Fsp3) is 0.435. The zero-order chi connectivity index (χ0) is 19.7. The molecule has 148 valence electrons. The minimum absolute atomic E-state index is 0.0934. The van der Waals surface area contributed by atoms with Gasteiger partial charge in [-0.2, -0.15) is 0 Å². The van der Waals surface area contributed by atoms with Crippen LogP contribution >= 0.6 is 0 Å². The monoisotopic (exact) mass is 379 g/mol. The molecule has 0 unspecified atom stereocenters. The molecule has 0 atom stereocenters. The van der Waals surface area contributed by atoms with Crippen molar-refractivity contribution in [2.24, 2.45) is 0 Å². The molecule has 28 heavy (non-hydrogen) atoms. The van der Waals surface area contributed by atoms with Gasteiger partial charge >= 0.3 is 0 Å². The Kier molecular flexibility index (Phi) is 5.16. The lowest BCUT2D eigenvalue weighted by molar-refractivity contribution is -0.126. The van der Waals surface area contributed by atoms with Crippen LogP contribution in [0.1, 0.15) is 35.8 Å². The summed E-state index contributed by atoms with van der Waals surface area (Å²) in [5, 5.41) is 0. The lowest BCUT2D eigenvalue weighted by Gasteiger charge is -2.36. The van der Waals surface area contributed by atoms with Crippen molar-refractivity contribution < 1.29 is 9.53 Å². The molecule has 1 amide bonds. The number of anilines is 1. The van der Waals surface area contributed by atoms with Gasteiger partial charge in [0.05, 0.1) is 12.8 Å². The van der Waals surface area contributed by atoms with E-state index in [4.69, 9.17) is 4.74 Å². The van der Waals surface area contributed by atoms with Crippen LogP contribution < -0.4 is 9.64 Å². The summed E-state index contributed by atoms with van der Waals surface area (Å²) < 4.78 is 7.88. The second-order valence-corrected chi connectivity index (χ2v) is 7.75. The van der Waals surface area contributed by atoms with E-state index in [1.807, 2.05) is 29.2 Å². The topological polar surface area (TPSA) is 37.7 Å². The van der Waals surface area contributed by atoms with Crippen LogP contribution in [0.2, 0.25) is 0 Å². The van der Waals surface area contributed by atoms with E-state index in [-0.39, 0.29) is 5.91 Å².